The van der Waals surface area contributed by atoms with Crippen LogP contribution in [0.4, 0.5) is 0 Å². The maximum atomic E-state index is 3.58. The van der Waals surface area contributed by atoms with E-state index in [-0.39, 0.29) is 0 Å². The number of H-pyrrole nitrogens is 1. The van der Waals surface area contributed by atoms with Crippen molar-refractivity contribution in [3.8, 4) is 0 Å². The van der Waals surface area contributed by atoms with Crippen LogP contribution in [0.2, 0.25) is 0 Å². The minimum Gasteiger partial charge on any atom is -0.355 e. The highest BCUT2D eigenvalue weighted by molar-refractivity contribution is 5.75. The molecule has 0 amide bonds. The average molecular weight is 293 g/mol. The van der Waals surface area contributed by atoms with Crippen LogP contribution in [-0.4, -0.2) is 4.98 Å². The van der Waals surface area contributed by atoms with Crippen molar-refractivity contribution in [1.82, 2.24) is 4.98 Å². The van der Waals surface area contributed by atoms with Crippen LogP contribution in [-0.2, 0) is 6.42 Å². The first-order valence-corrected chi connectivity index (χ1v) is 8.77. The monoisotopic (exact) mass is 293 g/mol. The Hall–Kier alpha value is -1.76. The van der Waals surface area contributed by atoms with E-state index in [4.69, 9.17) is 0 Å². The quantitative estimate of drug-likeness (QED) is 0.626. The van der Waals surface area contributed by atoms with Crippen molar-refractivity contribution in [3.05, 3.63) is 52.4 Å². The molecule has 1 nitrogen and oxygen atoms in total. The second kappa shape index (κ2) is 7.00. The van der Waals surface area contributed by atoms with Gasteiger partial charge >= 0.3 is 0 Å². The van der Waals surface area contributed by atoms with E-state index >= 15 is 0 Å². The van der Waals surface area contributed by atoms with Gasteiger partial charge < -0.3 is 4.98 Å². The molecule has 2 aliphatic carbocycles. The molecule has 2 aliphatic rings. The molecule has 0 radical (unpaired) electrons. The first-order chi connectivity index (χ1) is 10.8. The summed E-state index contributed by atoms with van der Waals surface area (Å²) in [6, 6.07) is 0. The van der Waals surface area contributed by atoms with E-state index in [9.17, 15) is 0 Å². The van der Waals surface area contributed by atoms with Gasteiger partial charge in [-0.3, -0.25) is 0 Å². The SMILES string of the molecule is CCCCC[C@@H](C)C1=Cc2c([nH]c3c2CCC=C3)/C=C/C=C1. The van der Waals surface area contributed by atoms with Crippen molar-refractivity contribution in [2.75, 3.05) is 0 Å². The molecular formula is C21H27N. The smallest absolute Gasteiger partial charge is 0.0461 e. The van der Waals surface area contributed by atoms with E-state index in [1.54, 1.807) is 0 Å². The maximum absolute atomic E-state index is 3.58. The molecule has 0 spiro atoms. The van der Waals surface area contributed by atoms with Gasteiger partial charge in [0.2, 0.25) is 0 Å². The van der Waals surface area contributed by atoms with Crippen molar-refractivity contribution in [1.29, 1.82) is 0 Å². The van der Waals surface area contributed by atoms with Crippen LogP contribution in [0.1, 0.15) is 68.5 Å². The van der Waals surface area contributed by atoms with Gasteiger partial charge in [0.15, 0.2) is 0 Å². The Balaban J connectivity index is 1.91. The van der Waals surface area contributed by atoms with Gasteiger partial charge in [-0.1, -0.05) is 57.4 Å². The summed E-state index contributed by atoms with van der Waals surface area (Å²) in [6.07, 6.45) is 23.4. The summed E-state index contributed by atoms with van der Waals surface area (Å²) in [5.74, 6) is 0.631. The van der Waals surface area contributed by atoms with Gasteiger partial charge in [-0.2, -0.15) is 0 Å². The van der Waals surface area contributed by atoms with Gasteiger partial charge in [-0.25, -0.2) is 0 Å². The molecule has 0 bridgehead atoms. The summed E-state index contributed by atoms with van der Waals surface area (Å²) in [4.78, 5) is 3.58. The van der Waals surface area contributed by atoms with Crippen LogP contribution in [0, 0.1) is 5.92 Å². The highest BCUT2D eigenvalue weighted by atomic mass is 14.7. The normalized spacial score (nSPS) is 18.9. The lowest BCUT2D eigenvalue weighted by atomic mass is 9.90. The third-order valence-electron chi connectivity index (χ3n) is 4.84. The second-order valence-corrected chi connectivity index (χ2v) is 6.55. The van der Waals surface area contributed by atoms with Gasteiger partial charge in [0.25, 0.3) is 0 Å². The predicted molar refractivity (Wildman–Crippen MR) is 97.6 cm³/mol. The van der Waals surface area contributed by atoms with Crippen LogP contribution in [0.15, 0.2) is 29.9 Å². The van der Waals surface area contributed by atoms with E-state index in [2.05, 4.69) is 61.4 Å². The van der Waals surface area contributed by atoms with E-state index < -0.39 is 0 Å². The molecule has 0 saturated carbocycles. The maximum Gasteiger partial charge on any atom is 0.0461 e. The molecular weight excluding hydrogens is 266 g/mol. The highest BCUT2D eigenvalue weighted by Gasteiger charge is 2.17. The number of hydrogen-bond donors (Lipinski definition) is 1. The van der Waals surface area contributed by atoms with E-state index in [1.165, 1.54) is 53.8 Å². The highest BCUT2D eigenvalue weighted by Crippen LogP contribution is 2.32. The van der Waals surface area contributed by atoms with E-state index in [1.807, 2.05) is 0 Å². The second-order valence-electron chi connectivity index (χ2n) is 6.55. The number of hydrogen-bond acceptors (Lipinski definition) is 0. The third kappa shape index (κ3) is 3.19. The molecule has 0 unspecified atom stereocenters. The van der Waals surface area contributed by atoms with Crippen LogP contribution in [0.5, 0.6) is 0 Å². The molecule has 1 heteroatoms. The molecule has 0 saturated heterocycles. The number of nitrogens with one attached hydrogen (secondary N) is 1. The Labute approximate surface area is 134 Å². The van der Waals surface area contributed by atoms with Crippen LogP contribution >= 0.6 is 0 Å². The van der Waals surface area contributed by atoms with Crippen molar-refractivity contribution >= 4 is 18.2 Å². The van der Waals surface area contributed by atoms with Gasteiger partial charge in [-0.15, -0.1) is 0 Å². The topological polar surface area (TPSA) is 15.8 Å². The van der Waals surface area contributed by atoms with Crippen molar-refractivity contribution < 1.29 is 0 Å². The van der Waals surface area contributed by atoms with Crippen LogP contribution < -0.4 is 0 Å². The number of unbranched alkanes of at least 4 members (excludes halogenated alkanes) is 2. The zero-order valence-electron chi connectivity index (χ0n) is 13.9. The zero-order chi connectivity index (χ0) is 15.4. The molecule has 1 heterocycles. The molecule has 116 valence electrons. The van der Waals surface area contributed by atoms with Crippen molar-refractivity contribution in [3.63, 3.8) is 0 Å². The average Bonchev–Trinajstić information content (AvgIpc) is 2.84. The number of aromatic nitrogens is 1. The third-order valence-corrected chi connectivity index (χ3v) is 4.84. The number of rotatable bonds is 5. The molecule has 0 aliphatic heterocycles. The standard InChI is InChI=1S/C21H27N/c1-3-4-5-10-16(2)17-11-6-8-14-21-19(15-17)18-12-7-9-13-20(18)22-21/h6,8-9,11,13-16,22H,3-5,7,10,12H2,1-2H3/b8-6?,11-6?,14-8+,17-11?,17-15?,19-15?,21-14?/t16-/m1/s1. The Bertz CT molecular complexity index is 637. The fourth-order valence-corrected chi connectivity index (χ4v) is 3.44. The predicted octanol–water partition coefficient (Wildman–Crippen LogP) is 6.16. The molecule has 0 aromatic carbocycles. The summed E-state index contributed by atoms with van der Waals surface area (Å²) in [5, 5.41) is 0. The van der Waals surface area contributed by atoms with Gasteiger partial charge in [-0.05, 0) is 54.5 Å². The lowest BCUT2D eigenvalue weighted by molar-refractivity contribution is 0.563. The first kappa shape index (κ1) is 15.1. The molecule has 3 rings (SSSR count). The Kier molecular flexibility index (Phi) is 4.82. The summed E-state index contributed by atoms with van der Waals surface area (Å²) < 4.78 is 0. The Morgan fingerprint density at radius 3 is 2.82 bits per heavy atom. The first-order valence-electron chi connectivity index (χ1n) is 8.77. The fourth-order valence-electron chi connectivity index (χ4n) is 3.44. The number of aromatic amines is 1. The van der Waals surface area contributed by atoms with E-state index in [0.29, 0.717) is 5.92 Å². The zero-order valence-corrected chi connectivity index (χ0v) is 13.9. The summed E-state index contributed by atoms with van der Waals surface area (Å²) >= 11 is 0. The summed E-state index contributed by atoms with van der Waals surface area (Å²) in [7, 11) is 0. The van der Waals surface area contributed by atoms with Gasteiger partial charge in [0.1, 0.15) is 0 Å². The van der Waals surface area contributed by atoms with Crippen LogP contribution in [0.25, 0.3) is 18.2 Å². The lowest BCUT2D eigenvalue weighted by Gasteiger charge is -2.15. The Morgan fingerprint density at radius 1 is 1.09 bits per heavy atom. The van der Waals surface area contributed by atoms with Gasteiger partial charge in [0, 0.05) is 17.0 Å². The van der Waals surface area contributed by atoms with E-state index in [0.717, 1.165) is 12.8 Å². The summed E-state index contributed by atoms with van der Waals surface area (Å²) in [6.45, 7) is 4.65. The van der Waals surface area contributed by atoms with Gasteiger partial charge in [0.05, 0.1) is 0 Å². The number of allylic oxidation sites excluding steroid dienone is 5. The van der Waals surface area contributed by atoms with Crippen molar-refractivity contribution in [2.45, 2.75) is 52.4 Å². The molecule has 1 N–H and O–H groups in total. The molecule has 1 aromatic rings. The molecule has 1 atom stereocenters. The Morgan fingerprint density at radius 2 is 1.95 bits per heavy atom. The largest absolute Gasteiger partial charge is 0.355 e. The molecule has 1 aromatic heterocycles. The number of fused-ring (bicyclic) bond motifs is 3. The van der Waals surface area contributed by atoms with Crippen molar-refractivity contribution in [2.24, 2.45) is 5.92 Å². The molecule has 0 fully saturated rings. The molecule has 22 heavy (non-hydrogen) atoms. The van der Waals surface area contributed by atoms with Crippen LogP contribution in [0.3, 0.4) is 0 Å². The summed E-state index contributed by atoms with van der Waals surface area (Å²) in [5.41, 5.74) is 6.95. The fraction of sp³-hybridized carbons (Fsp3) is 0.429. The lowest BCUT2D eigenvalue weighted by Crippen LogP contribution is -2.00. The minimum absolute atomic E-state index is 0.631. The minimum atomic E-state index is 0.631.